The van der Waals surface area contributed by atoms with Crippen molar-refractivity contribution in [2.45, 2.75) is 124 Å². The molecule has 4 atom stereocenters. The number of benzene rings is 2. The number of hydrazine groups is 1. The van der Waals surface area contributed by atoms with Crippen LogP contribution in [0.5, 0.6) is 0 Å². The van der Waals surface area contributed by atoms with Crippen LogP contribution in [0, 0.1) is 29.1 Å². The summed E-state index contributed by atoms with van der Waals surface area (Å²) in [6, 6.07) is 17.1. The average molecular weight is 942 g/mol. The number of hydrogen-bond donors (Lipinski definition) is 2. The molecule has 2 aromatic carbocycles. The summed E-state index contributed by atoms with van der Waals surface area (Å²) in [6.45, 7) is 20.6. The third kappa shape index (κ3) is 10.9. The topological polar surface area (TPSA) is 148 Å². The number of amides is 3. The lowest BCUT2D eigenvalue weighted by Gasteiger charge is -2.41. The van der Waals surface area contributed by atoms with Gasteiger partial charge in [0, 0.05) is 80.9 Å². The van der Waals surface area contributed by atoms with Gasteiger partial charge in [-0.05, 0) is 112 Å². The number of esters is 1. The molecule has 1 unspecified atom stereocenters. The summed E-state index contributed by atoms with van der Waals surface area (Å²) in [6.07, 6.45) is 4.40. The smallest absolute Gasteiger partial charge is 0.324 e. The summed E-state index contributed by atoms with van der Waals surface area (Å²) in [7, 11) is 1.70. The highest BCUT2D eigenvalue weighted by Crippen LogP contribution is 2.42. The highest BCUT2D eigenvalue weighted by molar-refractivity contribution is 5.96. The zero-order valence-corrected chi connectivity index (χ0v) is 42.0. The molecule has 2 N–H and O–H groups in total. The van der Waals surface area contributed by atoms with Gasteiger partial charge in [0.2, 0.25) is 5.91 Å². The van der Waals surface area contributed by atoms with Crippen LogP contribution in [0.4, 0.5) is 0 Å². The fourth-order valence-electron chi connectivity index (χ4n) is 10.0. The molecule has 4 aliphatic heterocycles. The van der Waals surface area contributed by atoms with Crippen molar-refractivity contribution in [3.63, 3.8) is 0 Å². The summed E-state index contributed by atoms with van der Waals surface area (Å²) < 4.78 is 20.6. The monoisotopic (exact) mass is 942 g/mol. The second-order valence-corrected chi connectivity index (χ2v) is 21.0. The van der Waals surface area contributed by atoms with E-state index in [4.69, 9.17) is 19.2 Å². The number of aryl methyl sites for hydroxylation is 1. The Morgan fingerprint density at radius 2 is 1.78 bits per heavy atom. The summed E-state index contributed by atoms with van der Waals surface area (Å²) in [4.78, 5) is 64.7. The van der Waals surface area contributed by atoms with E-state index in [1.54, 1.807) is 18.2 Å². The van der Waals surface area contributed by atoms with Gasteiger partial charge in [0.15, 0.2) is 0 Å². The number of carbonyl (C=O) groups excluding carboxylic acids is 4. The Kier molecular flexibility index (Phi) is 15.0. The van der Waals surface area contributed by atoms with Gasteiger partial charge in [-0.3, -0.25) is 34.1 Å². The van der Waals surface area contributed by atoms with E-state index in [9.17, 15) is 19.2 Å². The molecular weight excluding hydrogens is 871 g/mol. The van der Waals surface area contributed by atoms with Gasteiger partial charge in [-0.15, -0.1) is 0 Å². The number of carbonyl (C=O) groups is 4. The van der Waals surface area contributed by atoms with E-state index >= 15 is 0 Å². The summed E-state index contributed by atoms with van der Waals surface area (Å²) in [5, 5.41) is 5.72. The number of fused-ring (bicyclic) bond motifs is 6. The fourth-order valence-corrected chi connectivity index (χ4v) is 10.0. The van der Waals surface area contributed by atoms with Gasteiger partial charge in [0.1, 0.15) is 12.1 Å². The van der Waals surface area contributed by atoms with Crippen LogP contribution in [-0.4, -0.2) is 125 Å². The third-order valence-electron chi connectivity index (χ3n) is 14.5. The molecule has 0 aliphatic carbocycles. The van der Waals surface area contributed by atoms with Crippen molar-refractivity contribution >= 4 is 34.6 Å². The number of hydrogen-bond acceptors (Lipinski definition) is 10. The van der Waals surface area contributed by atoms with E-state index in [2.05, 4.69) is 89.2 Å². The zero-order chi connectivity index (χ0) is 49.2. The van der Waals surface area contributed by atoms with Crippen LogP contribution in [0.2, 0.25) is 0 Å². The number of nitrogens with one attached hydrogen (secondary N) is 2. The van der Waals surface area contributed by atoms with E-state index in [1.165, 1.54) is 5.01 Å². The van der Waals surface area contributed by atoms with Crippen molar-refractivity contribution in [2.24, 2.45) is 17.3 Å². The van der Waals surface area contributed by atoms with Crippen LogP contribution in [0.25, 0.3) is 33.3 Å². The summed E-state index contributed by atoms with van der Waals surface area (Å²) in [5.41, 5.74) is 10.4. The number of rotatable bonds is 11. The molecule has 4 aromatic rings. The molecule has 2 aromatic heterocycles. The van der Waals surface area contributed by atoms with Crippen molar-refractivity contribution in [3.05, 3.63) is 77.6 Å². The van der Waals surface area contributed by atoms with Gasteiger partial charge in [-0.1, -0.05) is 63.9 Å². The van der Waals surface area contributed by atoms with Gasteiger partial charge in [0.25, 0.3) is 11.8 Å². The zero-order valence-electron chi connectivity index (χ0n) is 42.0. The van der Waals surface area contributed by atoms with Crippen molar-refractivity contribution in [2.75, 3.05) is 53.0 Å². The van der Waals surface area contributed by atoms with E-state index in [0.29, 0.717) is 45.4 Å². The standard InChI is InChI=1S/C55H71N7O7/c1-10-61-47-20-19-39-29-42(47)43(50(61)41-17-12-23-56-49(41)36(4)67-9)30-54(5,6)34-69-53(66)45-18-13-26-62(58-45)52(65)46(28-37-15-11-16-38(39)27-37)57-51(64)44(35(2)3)33-68-40-31-59(32-40)48(63)21-22-55(7,8)60-24-14-25-60/h11-12,15-17,19-20,23,27,29,35-36,40,44-46,58H,10,13-14,18,24-26,28,30-34H2,1-9H3,(H,57,64)/t36?,44-,45-,46-/m0/s1. The number of likely N-dealkylation sites (tertiary alicyclic amines) is 2. The Balaban J connectivity index is 1.08. The number of nitrogens with zero attached hydrogens (tertiary/aromatic N) is 5. The quantitative estimate of drug-likeness (QED) is 0.123. The number of aromatic nitrogens is 2. The number of pyridine rings is 1. The lowest BCUT2D eigenvalue weighted by Crippen LogP contribution is -2.61. The molecule has 4 aliphatic rings. The second-order valence-electron chi connectivity index (χ2n) is 21.0. The SMILES string of the molecule is CCn1c(-c2cccnc2C(C)OC)c2c3cc(ccc31)-c1cccc(c1)C[C@H](NC(=O)[C@@H](COC1CN(C(=O)C#CC(C)(C)N3CCC3)C1)C(C)C)C(=O)N1CCC[C@H](N1)C(=O)OCC(C)(C)C2. The van der Waals surface area contributed by atoms with Crippen LogP contribution in [-0.2, 0) is 52.8 Å². The predicted octanol–water partition coefficient (Wildman–Crippen LogP) is 6.73. The molecule has 3 amide bonds. The van der Waals surface area contributed by atoms with Gasteiger partial charge >= 0.3 is 5.97 Å². The molecule has 3 saturated heterocycles. The first-order valence-corrected chi connectivity index (χ1v) is 24.9. The Bertz CT molecular complexity index is 2620. The summed E-state index contributed by atoms with van der Waals surface area (Å²) >= 11 is 0. The van der Waals surface area contributed by atoms with Gasteiger partial charge in [-0.25, -0.2) is 5.43 Å². The average Bonchev–Trinajstić information content (AvgIpc) is 3.60. The molecule has 6 heterocycles. The molecular formula is C55H71N7O7. The molecule has 368 valence electrons. The second kappa shape index (κ2) is 20.8. The Morgan fingerprint density at radius 1 is 1.01 bits per heavy atom. The first-order chi connectivity index (χ1) is 33.0. The number of methoxy groups -OCH3 is 1. The van der Waals surface area contributed by atoms with E-state index in [1.807, 2.05) is 52.8 Å². The fraction of sp³-hybridized carbons (Fsp3) is 0.545. The first-order valence-electron chi connectivity index (χ1n) is 24.9. The van der Waals surface area contributed by atoms with Crippen LogP contribution in [0.1, 0.15) is 97.6 Å². The van der Waals surface area contributed by atoms with Crippen molar-refractivity contribution in [1.82, 2.24) is 35.1 Å². The predicted molar refractivity (Wildman–Crippen MR) is 266 cm³/mol. The normalized spacial score (nSPS) is 21.1. The number of cyclic esters (lactones) is 1. The molecule has 0 spiro atoms. The van der Waals surface area contributed by atoms with Crippen molar-refractivity contribution in [1.29, 1.82) is 0 Å². The van der Waals surface area contributed by atoms with Crippen LogP contribution in [0.3, 0.4) is 0 Å². The van der Waals surface area contributed by atoms with Crippen LogP contribution >= 0.6 is 0 Å². The molecule has 8 rings (SSSR count). The largest absolute Gasteiger partial charge is 0.464 e. The Hall–Kier alpha value is -5.59. The summed E-state index contributed by atoms with van der Waals surface area (Å²) in [5.74, 6) is 4.04. The highest BCUT2D eigenvalue weighted by atomic mass is 16.5. The third-order valence-corrected chi connectivity index (χ3v) is 14.5. The molecule has 3 fully saturated rings. The van der Waals surface area contributed by atoms with E-state index < -0.39 is 29.4 Å². The highest BCUT2D eigenvalue weighted by Gasteiger charge is 2.38. The minimum Gasteiger partial charge on any atom is -0.464 e. The van der Waals surface area contributed by atoms with Crippen LogP contribution in [0.15, 0.2) is 60.8 Å². The van der Waals surface area contributed by atoms with Gasteiger partial charge in [0.05, 0.1) is 48.3 Å². The van der Waals surface area contributed by atoms with Crippen LogP contribution < -0.4 is 10.7 Å². The Labute approximate surface area is 407 Å². The minimum atomic E-state index is -0.955. The molecule has 14 nitrogen and oxygen atoms in total. The lowest BCUT2D eigenvalue weighted by molar-refractivity contribution is -0.155. The minimum absolute atomic E-state index is 0.109. The van der Waals surface area contributed by atoms with E-state index in [0.717, 1.165) is 69.6 Å². The maximum absolute atomic E-state index is 14.7. The molecule has 6 bridgehead atoms. The first kappa shape index (κ1) is 49.8. The van der Waals surface area contributed by atoms with Crippen molar-refractivity contribution in [3.8, 4) is 34.2 Å². The number of ether oxygens (including phenoxy) is 3. The maximum Gasteiger partial charge on any atom is 0.324 e. The molecule has 0 radical (unpaired) electrons. The van der Waals surface area contributed by atoms with Gasteiger partial charge in [-0.2, -0.15) is 0 Å². The Morgan fingerprint density at radius 3 is 2.49 bits per heavy atom. The molecule has 69 heavy (non-hydrogen) atoms. The van der Waals surface area contributed by atoms with Gasteiger partial charge < -0.3 is 29.0 Å². The lowest BCUT2D eigenvalue weighted by atomic mass is 9.84. The molecule has 14 heteroatoms. The molecule has 0 saturated carbocycles. The van der Waals surface area contributed by atoms with Crippen molar-refractivity contribution < 1.29 is 33.4 Å². The maximum atomic E-state index is 14.7. The van der Waals surface area contributed by atoms with E-state index in [-0.39, 0.29) is 61.0 Å².